The number of hydrogen-bond donors (Lipinski definition) is 1. The van der Waals surface area contributed by atoms with E-state index in [4.69, 9.17) is 0 Å². The summed E-state index contributed by atoms with van der Waals surface area (Å²) >= 11 is 2.24. The fourth-order valence-electron chi connectivity index (χ4n) is 1.94. The molecule has 19 heavy (non-hydrogen) atoms. The molecule has 0 unspecified atom stereocenters. The second-order valence-corrected chi connectivity index (χ2v) is 5.96. The number of amides is 1. The smallest absolute Gasteiger partial charge is 0.255 e. The van der Waals surface area contributed by atoms with Crippen molar-refractivity contribution in [2.45, 2.75) is 20.8 Å². The molecule has 2 rings (SSSR count). The van der Waals surface area contributed by atoms with E-state index in [0.717, 1.165) is 25.9 Å². The van der Waals surface area contributed by atoms with E-state index in [1.54, 1.807) is 0 Å². The molecule has 0 spiro atoms. The molecule has 0 bridgehead atoms. The minimum absolute atomic E-state index is 0.0539. The van der Waals surface area contributed by atoms with Gasteiger partial charge in [0.25, 0.3) is 5.91 Å². The first-order valence-corrected chi connectivity index (χ1v) is 7.20. The molecule has 2 aromatic carbocycles. The van der Waals surface area contributed by atoms with Gasteiger partial charge in [-0.25, -0.2) is 0 Å². The van der Waals surface area contributed by atoms with Crippen molar-refractivity contribution in [3.63, 3.8) is 0 Å². The zero-order valence-electron chi connectivity index (χ0n) is 11.3. The highest BCUT2D eigenvalue weighted by atomic mass is 127. The van der Waals surface area contributed by atoms with Crippen LogP contribution in [0.3, 0.4) is 0 Å². The number of halogens is 1. The lowest BCUT2D eigenvalue weighted by Gasteiger charge is -2.10. The molecule has 0 aliphatic carbocycles. The molecule has 0 heterocycles. The van der Waals surface area contributed by atoms with Gasteiger partial charge in [-0.1, -0.05) is 6.07 Å². The highest BCUT2D eigenvalue weighted by Gasteiger charge is 2.10. The number of nitrogens with one attached hydrogen (secondary N) is 1. The first-order chi connectivity index (χ1) is 8.97. The van der Waals surface area contributed by atoms with Gasteiger partial charge in [0.05, 0.1) is 0 Å². The fourth-order valence-corrected chi connectivity index (χ4v) is 2.30. The average molecular weight is 365 g/mol. The lowest BCUT2D eigenvalue weighted by Crippen LogP contribution is -2.13. The third kappa shape index (κ3) is 3.35. The maximum Gasteiger partial charge on any atom is 0.255 e. The van der Waals surface area contributed by atoms with E-state index < -0.39 is 0 Å². The van der Waals surface area contributed by atoms with Crippen molar-refractivity contribution in [1.82, 2.24) is 0 Å². The van der Waals surface area contributed by atoms with Gasteiger partial charge in [0.1, 0.15) is 0 Å². The SMILES string of the molecule is Cc1cc(C)c(C(=O)Nc2ccc(I)cc2)cc1C. The molecule has 0 radical (unpaired) electrons. The molecule has 2 nitrogen and oxygen atoms in total. The number of hydrogen-bond acceptors (Lipinski definition) is 1. The van der Waals surface area contributed by atoms with E-state index in [-0.39, 0.29) is 5.91 Å². The second-order valence-electron chi connectivity index (χ2n) is 4.71. The van der Waals surface area contributed by atoms with Gasteiger partial charge in [-0.15, -0.1) is 0 Å². The van der Waals surface area contributed by atoms with Crippen LogP contribution < -0.4 is 5.32 Å². The molecule has 0 aliphatic heterocycles. The zero-order chi connectivity index (χ0) is 14.0. The molecule has 0 aliphatic rings. The maximum atomic E-state index is 12.3. The van der Waals surface area contributed by atoms with Crippen LogP contribution in [0.4, 0.5) is 5.69 Å². The monoisotopic (exact) mass is 365 g/mol. The van der Waals surface area contributed by atoms with Crippen LogP contribution in [-0.2, 0) is 0 Å². The predicted octanol–water partition coefficient (Wildman–Crippen LogP) is 4.47. The number of benzene rings is 2. The molecule has 1 amide bonds. The largest absolute Gasteiger partial charge is 0.322 e. The van der Waals surface area contributed by atoms with Crippen molar-refractivity contribution in [3.8, 4) is 0 Å². The van der Waals surface area contributed by atoms with Gasteiger partial charge in [-0.3, -0.25) is 4.79 Å². The molecule has 0 fully saturated rings. The van der Waals surface area contributed by atoms with Crippen LogP contribution in [0.15, 0.2) is 36.4 Å². The standard InChI is InChI=1S/C16H16INO/c1-10-8-12(3)15(9-11(10)2)16(19)18-14-6-4-13(17)5-7-14/h4-9H,1-3H3,(H,18,19). The fraction of sp³-hybridized carbons (Fsp3) is 0.188. The summed E-state index contributed by atoms with van der Waals surface area (Å²) in [5.41, 5.74) is 4.91. The van der Waals surface area contributed by atoms with Crippen molar-refractivity contribution in [2.75, 3.05) is 5.32 Å². The van der Waals surface area contributed by atoms with Crippen LogP contribution in [0.1, 0.15) is 27.0 Å². The number of carbonyl (C=O) groups is 1. The molecule has 3 heteroatoms. The van der Waals surface area contributed by atoms with Crippen LogP contribution in [-0.4, -0.2) is 5.91 Å². The molecular formula is C16H16INO. The van der Waals surface area contributed by atoms with E-state index in [1.165, 1.54) is 5.56 Å². The van der Waals surface area contributed by atoms with Gasteiger partial charge in [-0.2, -0.15) is 0 Å². The summed E-state index contributed by atoms with van der Waals surface area (Å²) in [6, 6.07) is 11.8. The van der Waals surface area contributed by atoms with Crippen LogP contribution >= 0.6 is 22.6 Å². The summed E-state index contributed by atoms with van der Waals surface area (Å²) in [7, 11) is 0. The number of anilines is 1. The molecule has 0 saturated carbocycles. The Labute approximate surface area is 127 Å². The summed E-state index contributed by atoms with van der Waals surface area (Å²) in [6.45, 7) is 6.05. The van der Waals surface area contributed by atoms with Gasteiger partial charge in [0.2, 0.25) is 0 Å². The van der Waals surface area contributed by atoms with Gasteiger partial charge in [0.15, 0.2) is 0 Å². The predicted molar refractivity (Wildman–Crippen MR) is 87.8 cm³/mol. The summed E-state index contributed by atoms with van der Waals surface area (Å²) in [5.74, 6) is -0.0539. The summed E-state index contributed by atoms with van der Waals surface area (Å²) < 4.78 is 1.15. The van der Waals surface area contributed by atoms with Crippen molar-refractivity contribution in [1.29, 1.82) is 0 Å². The Kier molecular flexibility index (Phi) is 4.24. The highest BCUT2D eigenvalue weighted by molar-refractivity contribution is 14.1. The van der Waals surface area contributed by atoms with E-state index in [0.29, 0.717) is 0 Å². The minimum atomic E-state index is -0.0539. The molecule has 0 atom stereocenters. The third-order valence-corrected chi connectivity index (χ3v) is 3.91. The molecule has 0 saturated heterocycles. The Hall–Kier alpha value is -1.36. The average Bonchev–Trinajstić information content (AvgIpc) is 2.36. The van der Waals surface area contributed by atoms with E-state index >= 15 is 0 Å². The Morgan fingerprint density at radius 2 is 1.53 bits per heavy atom. The second kappa shape index (κ2) is 5.74. The lowest BCUT2D eigenvalue weighted by atomic mass is 10.0. The van der Waals surface area contributed by atoms with Gasteiger partial charge < -0.3 is 5.32 Å². The van der Waals surface area contributed by atoms with Crippen molar-refractivity contribution >= 4 is 34.2 Å². The van der Waals surface area contributed by atoms with Crippen LogP contribution in [0, 0.1) is 24.3 Å². The Morgan fingerprint density at radius 3 is 2.16 bits per heavy atom. The summed E-state index contributed by atoms with van der Waals surface area (Å²) in [6.07, 6.45) is 0. The van der Waals surface area contributed by atoms with E-state index in [2.05, 4.69) is 40.9 Å². The van der Waals surface area contributed by atoms with Crippen LogP contribution in [0.2, 0.25) is 0 Å². The topological polar surface area (TPSA) is 29.1 Å². The maximum absolute atomic E-state index is 12.3. The normalized spacial score (nSPS) is 10.3. The number of carbonyl (C=O) groups excluding carboxylic acids is 1. The van der Waals surface area contributed by atoms with Gasteiger partial charge in [0, 0.05) is 14.8 Å². The Bertz CT molecular complexity index is 617. The number of aryl methyl sites for hydroxylation is 3. The van der Waals surface area contributed by atoms with Crippen LogP contribution in [0.5, 0.6) is 0 Å². The first-order valence-electron chi connectivity index (χ1n) is 6.12. The quantitative estimate of drug-likeness (QED) is 0.782. The molecule has 0 aromatic heterocycles. The Balaban J connectivity index is 2.25. The third-order valence-electron chi connectivity index (χ3n) is 3.19. The lowest BCUT2D eigenvalue weighted by molar-refractivity contribution is 0.102. The minimum Gasteiger partial charge on any atom is -0.322 e. The molecular weight excluding hydrogens is 349 g/mol. The van der Waals surface area contributed by atoms with Gasteiger partial charge in [-0.05, 0) is 90.4 Å². The summed E-state index contributed by atoms with van der Waals surface area (Å²) in [4.78, 5) is 12.3. The summed E-state index contributed by atoms with van der Waals surface area (Å²) in [5, 5.41) is 2.93. The molecule has 1 N–H and O–H groups in total. The molecule has 98 valence electrons. The Morgan fingerprint density at radius 1 is 0.947 bits per heavy atom. The van der Waals surface area contributed by atoms with E-state index in [9.17, 15) is 4.79 Å². The van der Waals surface area contributed by atoms with E-state index in [1.807, 2.05) is 44.2 Å². The van der Waals surface area contributed by atoms with Crippen molar-refractivity contribution in [2.24, 2.45) is 0 Å². The van der Waals surface area contributed by atoms with Crippen molar-refractivity contribution < 1.29 is 4.79 Å². The first kappa shape index (κ1) is 14.1. The zero-order valence-corrected chi connectivity index (χ0v) is 13.4. The molecule has 2 aromatic rings. The van der Waals surface area contributed by atoms with Crippen LogP contribution in [0.25, 0.3) is 0 Å². The highest BCUT2D eigenvalue weighted by Crippen LogP contribution is 2.18. The van der Waals surface area contributed by atoms with Crippen molar-refractivity contribution in [3.05, 3.63) is 62.2 Å². The van der Waals surface area contributed by atoms with Gasteiger partial charge >= 0.3 is 0 Å². The number of rotatable bonds is 2.